The van der Waals surface area contributed by atoms with Gasteiger partial charge in [0.05, 0.1) is 12.5 Å². The third kappa shape index (κ3) is 9.06. The first-order chi connectivity index (χ1) is 18.1. The summed E-state index contributed by atoms with van der Waals surface area (Å²) in [4.78, 5) is 64.9. The number of fused-ring (bicyclic) bond motifs is 1. The SMILES string of the molecule is CCCC(NC(=O)[C@H](CC(=O)O)NC(=O)[C@H](CCSC)NC(=O)[C@@H](N)Cc1c[nH]c2ccccc12)C(N)=O. The Morgan fingerprint density at radius 2 is 1.61 bits per heavy atom. The zero-order chi connectivity index (χ0) is 28.2. The quantitative estimate of drug-likeness (QED) is 0.151. The predicted octanol–water partition coefficient (Wildman–Crippen LogP) is 0.00530. The van der Waals surface area contributed by atoms with E-state index in [1.807, 2.05) is 30.5 Å². The maximum Gasteiger partial charge on any atom is 0.305 e. The number of para-hydroxylation sites is 1. The summed E-state index contributed by atoms with van der Waals surface area (Å²) in [6.45, 7) is 1.79. The largest absolute Gasteiger partial charge is 0.481 e. The van der Waals surface area contributed by atoms with Crippen molar-refractivity contribution in [3.8, 4) is 0 Å². The second-order valence-electron chi connectivity index (χ2n) is 8.92. The summed E-state index contributed by atoms with van der Waals surface area (Å²) in [5.74, 6) is -3.75. The van der Waals surface area contributed by atoms with Crippen LogP contribution in [0.15, 0.2) is 30.5 Å². The van der Waals surface area contributed by atoms with E-state index in [4.69, 9.17) is 11.5 Å². The zero-order valence-electron chi connectivity index (χ0n) is 21.5. The van der Waals surface area contributed by atoms with Crippen LogP contribution in [0.1, 0.15) is 38.2 Å². The highest BCUT2D eigenvalue weighted by atomic mass is 32.2. The number of amides is 4. The molecule has 208 valence electrons. The van der Waals surface area contributed by atoms with Crippen molar-refractivity contribution < 1.29 is 29.1 Å². The standard InChI is InChI=1S/C25H36N6O6S/c1-3-6-18(22(27)34)29-25(37)20(12-21(32)33)31-24(36)19(9-10-38-2)30-23(35)16(26)11-14-13-28-17-8-5-4-7-15(14)17/h4-5,7-8,13,16,18-20,28H,3,6,9-12,26H2,1-2H3,(H2,27,34)(H,29,37)(H,30,35)(H,31,36)(H,32,33)/t16-,18?,19-,20-/m0/s1. The maximum absolute atomic E-state index is 13.1. The molecule has 0 bridgehead atoms. The van der Waals surface area contributed by atoms with Gasteiger partial charge in [0.25, 0.3) is 0 Å². The van der Waals surface area contributed by atoms with Gasteiger partial charge in [-0.3, -0.25) is 24.0 Å². The van der Waals surface area contributed by atoms with E-state index in [0.717, 1.165) is 16.5 Å². The number of thioether (sulfide) groups is 1. The third-order valence-electron chi connectivity index (χ3n) is 5.94. The number of carboxylic acid groups (broad SMARTS) is 1. The molecule has 12 nitrogen and oxygen atoms in total. The molecular formula is C25H36N6O6S. The van der Waals surface area contributed by atoms with E-state index in [2.05, 4.69) is 20.9 Å². The minimum absolute atomic E-state index is 0.222. The lowest BCUT2D eigenvalue weighted by atomic mass is 10.0. The number of aromatic nitrogens is 1. The Labute approximate surface area is 225 Å². The molecule has 0 fully saturated rings. The Hall–Kier alpha value is -3.58. The van der Waals surface area contributed by atoms with E-state index in [1.54, 1.807) is 13.1 Å². The van der Waals surface area contributed by atoms with E-state index in [-0.39, 0.29) is 19.3 Å². The van der Waals surface area contributed by atoms with Crippen molar-refractivity contribution in [3.05, 3.63) is 36.0 Å². The summed E-state index contributed by atoms with van der Waals surface area (Å²) in [6, 6.07) is 3.09. The highest BCUT2D eigenvalue weighted by Crippen LogP contribution is 2.19. The lowest BCUT2D eigenvalue weighted by Gasteiger charge is -2.24. The van der Waals surface area contributed by atoms with Gasteiger partial charge in [-0.1, -0.05) is 31.5 Å². The molecule has 2 aromatic rings. The molecule has 13 heteroatoms. The minimum Gasteiger partial charge on any atom is -0.481 e. The number of carboxylic acids is 1. The Kier molecular flexibility index (Phi) is 12.1. The van der Waals surface area contributed by atoms with E-state index >= 15 is 0 Å². The maximum atomic E-state index is 13.1. The smallest absolute Gasteiger partial charge is 0.305 e. The van der Waals surface area contributed by atoms with Gasteiger partial charge in [0.2, 0.25) is 23.6 Å². The van der Waals surface area contributed by atoms with Crippen molar-refractivity contribution >= 4 is 52.3 Å². The second kappa shape index (κ2) is 15.0. The second-order valence-corrected chi connectivity index (χ2v) is 9.91. The van der Waals surface area contributed by atoms with Crippen molar-refractivity contribution in [2.45, 2.75) is 63.2 Å². The van der Waals surface area contributed by atoms with Crippen LogP contribution in [0.25, 0.3) is 10.9 Å². The van der Waals surface area contributed by atoms with E-state index in [0.29, 0.717) is 12.2 Å². The molecule has 9 N–H and O–H groups in total. The van der Waals surface area contributed by atoms with Crippen LogP contribution in [0.5, 0.6) is 0 Å². The van der Waals surface area contributed by atoms with Gasteiger partial charge in [-0.15, -0.1) is 0 Å². The molecule has 1 aromatic heterocycles. The van der Waals surface area contributed by atoms with Gasteiger partial charge in [-0.05, 0) is 42.9 Å². The molecule has 4 atom stereocenters. The van der Waals surface area contributed by atoms with Gasteiger partial charge in [0, 0.05) is 17.1 Å². The van der Waals surface area contributed by atoms with E-state index < -0.39 is 60.2 Å². The molecule has 1 aromatic carbocycles. The molecule has 0 spiro atoms. The lowest BCUT2D eigenvalue weighted by Crippen LogP contribution is -2.58. The van der Waals surface area contributed by atoms with E-state index in [9.17, 15) is 29.1 Å². The molecule has 1 heterocycles. The molecule has 0 radical (unpaired) electrons. The number of aliphatic carboxylic acids is 1. The number of H-pyrrole nitrogens is 1. The summed E-state index contributed by atoms with van der Waals surface area (Å²) >= 11 is 1.45. The summed E-state index contributed by atoms with van der Waals surface area (Å²) < 4.78 is 0. The minimum atomic E-state index is -1.48. The molecule has 0 aliphatic carbocycles. The molecule has 2 rings (SSSR count). The molecule has 38 heavy (non-hydrogen) atoms. The van der Waals surface area contributed by atoms with Crippen LogP contribution < -0.4 is 27.4 Å². The summed E-state index contributed by atoms with van der Waals surface area (Å²) in [5.41, 5.74) is 13.2. The molecule has 4 amide bonds. The number of rotatable bonds is 16. The number of carbonyl (C=O) groups excluding carboxylic acids is 4. The monoisotopic (exact) mass is 548 g/mol. The third-order valence-corrected chi connectivity index (χ3v) is 6.59. The van der Waals surface area contributed by atoms with Gasteiger partial charge in [-0.2, -0.15) is 11.8 Å². The fourth-order valence-corrected chi connectivity index (χ4v) is 4.39. The number of primary amides is 1. The first-order valence-corrected chi connectivity index (χ1v) is 13.7. The average Bonchev–Trinajstić information content (AvgIpc) is 3.27. The van der Waals surface area contributed by atoms with E-state index in [1.165, 1.54) is 11.8 Å². The predicted molar refractivity (Wildman–Crippen MR) is 145 cm³/mol. The molecule has 0 saturated heterocycles. The number of carbonyl (C=O) groups is 5. The number of nitrogens with two attached hydrogens (primary N) is 2. The van der Waals surface area contributed by atoms with Crippen LogP contribution in [0.3, 0.4) is 0 Å². The molecule has 0 saturated carbocycles. The number of hydrogen-bond acceptors (Lipinski definition) is 7. The van der Waals surface area contributed by atoms with Crippen molar-refractivity contribution in [3.63, 3.8) is 0 Å². The number of aromatic amines is 1. The van der Waals surface area contributed by atoms with Gasteiger partial charge in [-0.25, -0.2) is 0 Å². The number of hydrogen-bond donors (Lipinski definition) is 7. The summed E-state index contributed by atoms with van der Waals surface area (Å²) in [5, 5.41) is 17.7. The van der Waals surface area contributed by atoms with Crippen LogP contribution >= 0.6 is 11.8 Å². The van der Waals surface area contributed by atoms with Gasteiger partial charge in [0.1, 0.15) is 18.1 Å². The normalized spacial score (nSPS) is 14.2. The Bertz CT molecular complexity index is 1140. The van der Waals surface area contributed by atoms with Crippen LogP contribution in [-0.2, 0) is 30.4 Å². The molecule has 0 aliphatic rings. The summed E-state index contributed by atoms with van der Waals surface area (Å²) in [7, 11) is 0. The van der Waals surface area contributed by atoms with Crippen molar-refractivity contribution in [2.24, 2.45) is 11.5 Å². The molecular weight excluding hydrogens is 512 g/mol. The number of benzene rings is 1. The van der Waals surface area contributed by atoms with Crippen molar-refractivity contribution in [1.29, 1.82) is 0 Å². The lowest BCUT2D eigenvalue weighted by molar-refractivity contribution is -0.141. The van der Waals surface area contributed by atoms with Gasteiger partial charge in [0.15, 0.2) is 0 Å². The fourth-order valence-electron chi connectivity index (χ4n) is 3.92. The first kappa shape index (κ1) is 30.6. The molecule has 0 aliphatic heterocycles. The van der Waals surface area contributed by atoms with Crippen molar-refractivity contribution in [2.75, 3.05) is 12.0 Å². The Balaban J connectivity index is 2.11. The molecule has 1 unspecified atom stereocenters. The fraction of sp³-hybridized carbons (Fsp3) is 0.480. The zero-order valence-corrected chi connectivity index (χ0v) is 22.3. The van der Waals surface area contributed by atoms with Crippen LogP contribution in [0, 0.1) is 0 Å². The number of nitrogens with one attached hydrogen (secondary N) is 4. The topological polar surface area (TPSA) is 210 Å². The van der Waals surface area contributed by atoms with Gasteiger partial charge < -0.3 is 37.5 Å². The average molecular weight is 549 g/mol. The van der Waals surface area contributed by atoms with Gasteiger partial charge >= 0.3 is 5.97 Å². The summed E-state index contributed by atoms with van der Waals surface area (Å²) in [6.07, 6.45) is 4.14. The Morgan fingerprint density at radius 1 is 0.974 bits per heavy atom. The van der Waals surface area contributed by atoms with Crippen LogP contribution in [0.2, 0.25) is 0 Å². The van der Waals surface area contributed by atoms with Crippen LogP contribution in [-0.4, -0.2) is 75.9 Å². The first-order valence-electron chi connectivity index (χ1n) is 12.3. The van der Waals surface area contributed by atoms with Crippen molar-refractivity contribution in [1.82, 2.24) is 20.9 Å². The highest BCUT2D eigenvalue weighted by molar-refractivity contribution is 7.98. The highest BCUT2D eigenvalue weighted by Gasteiger charge is 2.31. The van der Waals surface area contributed by atoms with Crippen LogP contribution in [0.4, 0.5) is 0 Å². The Morgan fingerprint density at radius 3 is 2.24 bits per heavy atom.